The number of aromatic nitrogens is 3. The van der Waals surface area contributed by atoms with E-state index in [1.807, 2.05) is 20.8 Å². The maximum atomic E-state index is 12.8. The van der Waals surface area contributed by atoms with Gasteiger partial charge in [-0.05, 0) is 298 Å². The van der Waals surface area contributed by atoms with Crippen molar-refractivity contribution >= 4 is 35.4 Å². The molecule has 24 heteroatoms. The molecule has 3 spiro atoms. The predicted octanol–water partition coefficient (Wildman–Crippen LogP) is 17.5. The molecule has 9 atom stereocenters. The molecule has 12 aliphatic rings. The lowest BCUT2D eigenvalue weighted by molar-refractivity contribution is -0.144. The second-order valence-electron chi connectivity index (χ2n) is 38.7. The number of nitrogens with one attached hydrogen (secondary N) is 3. The quantitative estimate of drug-likeness (QED) is 0.0229. The van der Waals surface area contributed by atoms with Gasteiger partial charge < -0.3 is 73.9 Å². The van der Waals surface area contributed by atoms with Crippen LogP contribution in [0.25, 0.3) is 0 Å². The third-order valence-corrected chi connectivity index (χ3v) is 29.6. The second-order valence-corrected chi connectivity index (χ2v) is 38.7. The maximum absolute atomic E-state index is 12.8. The van der Waals surface area contributed by atoms with Crippen LogP contribution >= 0.6 is 0 Å². The molecule has 3 aromatic carbocycles. The Kier molecular flexibility index (Phi) is 33.4. The molecule has 0 bridgehead atoms. The van der Waals surface area contributed by atoms with E-state index in [9.17, 15) is 29.7 Å². The van der Waals surface area contributed by atoms with Crippen LogP contribution in [-0.2, 0) is 95.5 Å². The highest BCUT2D eigenvalue weighted by Crippen LogP contribution is 2.50. The summed E-state index contributed by atoms with van der Waals surface area (Å²) in [6.45, 7) is 22.3. The summed E-state index contributed by atoms with van der Waals surface area (Å²) in [5, 5.41) is 41.7. The van der Waals surface area contributed by atoms with Crippen LogP contribution in [0.15, 0.2) is 91.0 Å². The molecule has 9 fully saturated rings. The standard InChI is InChI=1S/3C34H47N3O5.CH4/c3*1-24-7-10-28(30-11-13-34(23-42-30)14-19-40-20-15-34)29(21-24)31(33(38)39)37-17-12-27(22-37)41-18-3-2-6-26-9-8-25-5-4-16-35-32(25)36-26;/h3*7-10,21,27,30-31H,2-6,11-20,22-23H2,1H3,(H,35,36)(H,38,39);1H4/t27-,30+,31+;27-,30+,31-;27-,30-,31+;/m111./s1. The fourth-order valence-electron chi connectivity index (χ4n) is 21.9. The Labute approximate surface area is 754 Å². The summed E-state index contributed by atoms with van der Waals surface area (Å²) in [5.41, 5.74) is 17.0. The van der Waals surface area contributed by atoms with E-state index in [0.29, 0.717) is 39.5 Å². The first-order valence-corrected chi connectivity index (χ1v) is 48.3. The zero-order valence-corrected chi connectivity index (χ0v) is 75.3. The molecular weight excluding hydrogens is 1600 g/mol. The first-order chi connectivity index (χ1) is 61.5. The molecule has 0 amide bonds. The summed E-state index contributed by atoms with van der Waals surface area (Å²) in [5.74, 6) is 0.779. The Hall–Kier alpha value is -7.56. The molecule has 3 aromatic heterocycles. The van der Waals surface area contributed by atoms with E-state index < -0.39 is 36.0 Å². The van der Waals surface area contributed by atoms with E-state index in [1.165, 1.54) is 36.0 Å². The molecule has 692 valence electrons. The lowest BCUT2D eigenvalue weighted by atomic mass is 9.74. The molecule has 0 aliphatic carbocycles. The third-order valence-electron chi connectivity index (χ3n) is 29.6. The Bertz CT molecular complexity index is 4110. The highest BCUT2D eigenvalue weighted by atomic mass is 16.5. The van der Waals surface area contributed by atoms with Gasteiger partial charge >= 0.3 is 17.9 Å². The van der Waals surface area contributed by atoms with Gasteiger partial charge in [0.25, 0.3) is 0 Å². The number of carboxylic acids is 3. The average Bonchev–Trinajstić information content (AvgIpc) is 1.73. The number of hydrogen-bond donors (Lipinski definition) is 6. The highest BCUT2D eigenvalue weighted by molar-refractivity contribution is 5.78. The minimum Gasteiger partial charge on any atom is -0.480 e. The van der Waals surface area contributed by atoms with E-state index in [-0.39, 0.29) is 60.3 Å². The van der Waals surface area contributed by atoms with E-state index in [0.717, 1.165) is 357 Å². The van der Waals surface area contributed by atoms with Crippen molar-refractivity contribution in [2.45, 2.75) is 276 Å². The monoisotopic (exact) mass is 1750 g/mol. The Balaban J connectivity index is 0.000000146. The number of aryl methyl sites for hydroxylation is 9. The zero-order valence-electron chi connectivity index (χ0n) is 75.3. The Morgan fingerprint density at radius 1 is 0.402 bits per heavy atom. The fourth-order valence-corrected chi connectivity index (χ4v) is 21.9. The summed E-state index contributed by atoms with van der Waals surface area (Å²) in [4.78, 5) is 59.0. The minimum atomic E-state index is -0.800. The lowest BCUT2D eigenvalue weighted by Crippen LogP contribution is -2.39. The van der Waals surface area contributed by atoms with E-state index in [2.05, 4.69) is 122 Å². The van der Waals surface area contributed by atoms with Crippen LogP contribution in [0.5, 0.6) is 0 Å². The lowest BCUT2D eigenvalue weighted by Gasteiger charge is -2.43. The molecule has 24 nitrogen and oxygen atoms in total. The van der Waals surface area contributed by atoms with Gasteiger partial charge in [-0.3, -0.25) is 29.1 Å². The molecule has 6 N–H and O–H groups in total. The maximum Gasteiger partial charge on any atom is 0.325 e. The molecule has 15 heterocycles. The Morgan fingerprint density at radius 3 is 0.961 bits per heavy atom. The van der Waals surface area contributed by atoms with E-state index >= 15 is 0 Å². The number of fused-ring (bicyclic) bond motifs is 3. The van der Waals surface area contributed by atoms with E-state index in [4.69, 9.17) is 57.6 Å². The van der Waals surface area contributed by atoms with Crippen LogP contribution in [0.1, 0.15) is 282 Å². The number of ether oxygens (including phenoxy) is 9. The number of carboxylic acid groups (broad SMARTS) is 3. The summed E-state index contributed by atoms with van der Waals surface area (Å²) in [6, 6.07) is 29.8. The number of anilines is 3. The van der Waals surface area contributed by atoms with Crippen LogP contribution in [0.2, 0.25) is 0 Å². The van der Waals surface area contributed by atoms with Crippen molar-refractivity contribution in [1.82, 2.24) is 29.7 Å². The number of aliphatic carboxylic acids is 3. The van der Waals surface area contributed by atoms with Gasteiger partial charge in [0.15, 0.2) is 0 Å². The van der Waals surface area contributed by atoms with Crippen molar-refractivity contribution in [2.24, 2.45) is 16.2 Å². The molecule has 12 aliphatic heterocycles. The first kappa shape index (κ1) is 94.1. The topological polar surface area (TPSA) is 279 Å². The summed E-state index contributed by atoms with van der Waals surface area (Å²) in [7, 11) is 0. The van der Waals surface area contributed by atoms with Gasteiger partial charge in [-0.1, -0.05) is 96.9 Å². The van der Waals surface area contributed by atoms with Crippen molar-refractivity contribution in [2.75, 3.05) is 154 Å². The first-order valence-electron chi connectivity index (χ1n) is 48.3. The van der Waals surface area contributed by atoms with Gasteiger partial charge in [0, 0.05) is 135 Å². The molecule has 0 saturated carbocycles. The van der Waals surface area contributed by atoms with Gasteiger partial charge in [0.05, 0.1) is 56.4 Å². The predicted molar refractivity (Wildman–Crippen MR) is 492 cm³/mol. The van der Waals surface area contributed by atoms with Gasteiger partial charge in [0.1, 0.15) is 35.6 Å². The second kappa shape index (κ2) is 45.0. The third kappa shape index (κ3) is 24.4. The van der Waals surface area contributed by atoms with Crippen molar-refractivity contribution in [3.8, 4) is 0 Å². The molecule has 127 heavy (non-hydrogen) atoms. The van der Waals surface area contributed by atoms with Crippen LogP contribution in [0.4, 0.5) is 17.5 Å². The van der Waals surface area contributed by atoms with Crippen LogP contribution in [-0.4, -0.2) is 219 Å². The van der Waals surface area contributed by atoms with Crippen LogP contribution < -0.4 is 16.0 Å². The number of hydrogen-bond acceptors (Lipinski definition) is 21. The van der Waals surface area contributed by atoms with Crippen molar-refractivity contribution in [3.63, 3.8) is 0 Å². The number of carbonyl (C=O) groups is 3. The van der Waals surface area contributed by atoms with Crippen molar-refractivity contribution in [1.29, 1.82) is 0 Å². The van der Waals surface area contributed by atoms with E-state index in [1.54, 1.807) is 0 Å². The summed E-state index contributed by atoms with van der Waals surface area (Å²) in [6.07, 6.45) is 30.7. The number of likely N-dealkylation sites (tertiary alicyclic amines) is 3. The van der Waals surface area contributed by atoms with Gasteiger partial charge in [-0.15, -0.1) is 0 Å². The molecule has 9 saturated heterocycles. The smallest absolute Gasteiger partial charge is 0.325 e. The molecule has 18 rings (SSSR count). The molecule has 0 unspecified atom stereocenters. The zero-order chi connectivity index (χ0) is 86.8. The number of pyridine rings is 3. The molecular formula is C103H145N9O15. The fraction of sp³-hybridized carbons (Fsp3) is 0.650. The van der Waals surface area contributed by atoms with Crippen LogP contribution in [0, 0.1) is 37.0 Å². The SMILES string of the molecule is C.Cc1ccc([C@@H]2CCC3(CCOCC3)CO2)c([C@@H](C(=O)O)N2CC[C@@H](OCCCCc3ccc4c(n3)NCCC4)C2)c1.Cc1ccc([C@@H]2CCC3(CCOCC3)CO2)c([C@H](C(=O)O)N2CC[C@@H](OCCCCc3ccc4c(n3)NCCC4)C2)c1.Cc1ccc([C@H]2CCC3(CCOCC3)CO2)c([C@@H](C(=O)O)N2CC[C@@H](OCCCCc3ccc4c(n3)NCCC4)C2)c1. The normalized spacial score (nSPS) is 24.5. The largest absolute Gasteiger partial charge is 0.480 e. The van der Waals surface area contributed by atoms with Crippen molar-refractivity contribution < 1.29 is 72.3 Å². The number of rotatable bonds is 30. The van der Waals surface area contributed by atoms with Crippen molar-refractivity contribution in [3.05, 3.63) is 175 Å². The van der Waals surface area contributed by atoms with Crippen LogP contribution in [0.3, 0.4) is 0 Å². The Morgan fingerprint density at radius 2 is 0.693 bits per heavy atom. The average molecular weight is 1750 g/mol. The van der Waals surface area contributed by atoms with Gasteiger partial charge in [-0.25, -0.2) is 15.0 Å². The minimum absolute atomic E-state index is 0. The summed E-state index contributed by atoms with van der Waals surface area (Å²) >= 11 is 0. The number of benzene rings is 3. The number of unbranched alkanes of at least 4 members (excludes halogenated alkanes) is 3. The summed E-state index contributed by atoms with van der Waals surface area (Å²) < 4.78 is 55.0. The van der Waals surface area contributed by atoms with Gasteiger partial charge in [0.2, 0.25) is 0 Å². The highest BCUT2D eigenvalue weighted by Gasteiger charge is 2.46. The van der Waals surface area contributed by atoms with Gasteiger partial charge in [-0.2, -0.15) is 0 Å². The number of nitrogens with zero attached hydrogens (tertiary/aromatic N) is 6. The molecule has 6 aromatic rings. The molecule has 0 radical (unpaired) electrons.